The van der Waals surface area contributed by atoms with Crippen LogP contribution in [0.2, 0.25) is 5.02 Å². The summed E-state index contributed by atoms with van der Waals surface area (Å²) < 4.78 is 7.28. The van der Waals surface area contributed by atoms with Crippen molar-refractivity contribution >= 4 is 23.2 Å². The van der Waals surface area contributed by atoms with E-state index < -0.39 is 0 Å². The van der Waals surface area contributed by atoms with E-state index in [1.54, 1.807) is 18.2 Å². The van der Waals surface area contributed by atoms with Gasteiger partial charge in [-0.3, -0.25) is 4.79 Å². The van der Waals surface area contributed by atoms with E-state index in [0.29, 0.717) is 17.2 Å². The maximum absolute atomic E-state index is 12.2. The van der Waals surface area contributed by atoms with Gasteiger partial charge in [0.2, 0.25) is 0 Å². The smallest absolute Gasteiger partial charge is 0.311 e. The average molecular weight is 358 g/mol. The van der Waals surface area contributed by atoms with Crippen LogP contribution in [0.15, 0.2) is 24.3 Å². The molecule has 0 bridgehead atoms. The number of carbonyl (C=O) groups is 1. The molecule has 130 valence electrons. The number of hydrogen-bond donors (Lipinski definition) is 0. The average Bonchev–Trinajstić information content (AvgIpc) is 2.90. The Kier molecular flexibility index (Phi) is 4.77. The SMILES string of the molecule is Cc1cc2nc(C)c(CCC(=O)Oc3ccc(Cl)cc3C)c(C)n2n1. The highest BCUT2D eigenvalue weighted by Gasteiger charge is 2.14. The molecule has 0 atom stereocenters. The van der Waals surface area contributed by atoms with Gasteiger partial charge < -0.3 is 4.74 Å². The summed E-state index contributed by atoms with van der Waals surface area (Å²) in [6.45, 7) is 7.76. The van der Waals surface area contributed by atoms with Gasteiger partial charge in [0.1, 0.15) is 5.75 Å². The molecule has 2 aromatic heterocycles. The van der Waals surface area contributed by atoms with Gasteiger partial charge in [0.25, 0.3) is 0 Å². The fourth-order valence-electron chi connectivity index (χ4n) is 2.93. The Morgan fingerprint density at radius 3 is 2.68 bits per heavy atom. The van der Waals surface area contributed by atoms with Crippen LogP contribution in [0.4, 0.5) is 0 Å². The van der Waals surface area contributed by atoms with E-state index in [4.69, 9.17) is 16.3 Å². The Balaban J connectivity index is 1.74. The molecule has 0 unspecified atom stereocenters. The molecule has 2 heterocycles. The molecule has 0 saturated carbocycles. The predicted molar refractivity (Wildman–Crippen MR) is 97.3 cm³/mol. The van der Waals surface area contributed by atoms with Crippen molar-refractivity contribution in [3.8, 4) is 5.75 Å². The highest BCUT2D eigenvalue weighted by molar-refractivity contribution is 6.30. The number of halogens is 1. The van der Waals surface area contributed by atoms with Gasteiger partial charge in [0, 0.05) is 22.5 Å². The lowest BCUT2D eigenvalue weighted by molar-refractivity contribution is -0.134. The largest absolute Gasteiger partial charge is 0.426 e. The first-order valence-corrected chi connectivity index (χ1v) is 8.52. The number of esters is 1. The Morgan fingerprint density at radius 1 is 1.20 bits per heavy atom. The van der Waals surface area contributed by atoms with E-state index in [-0.39, 0.29) is 12.4 Å². The maximum Gasteiger partial charge on any atom is 0.311 e. The van der Waals surface area contributed by atoms with Gasteiger partial charge in [-0.05, 0) is 63.4 Å². The first kappa shape index (κ1) is 17.4. The molecule has 0 radical (unpaired) electrons. The van der Waals surface area contributed by atoms with Gasteiger partial charge in [0.05, 0.1) is 12.1 Å². The number of nitrogens with zero attached hydrogens (tertiary/aromatic N) is 3. The quantitative estimate of drug-likeness (QED) is 0.519. The summed E-state index contributed by atoms with van der Waals surface area (Å²) in [6, 6.07) is 7.15. The van der Waals surface area contributed by atoms with Crippen molar-refractivity contribution in [2.24, 2.45) is 0 Å². The molecule has 0 amide bonds. The van der Waals surface area contributed by atoms with Crippen LogP contribution >= 0.6 is 11.6 Å². The molecular formula is C19H20ClN3O2. The van der Waals surface area contributed by atoms with Crippen molar-refractivity contribution < 1.29 is 9.53 Å². The molecule has 1 aromatic carbocycles. The first-order valence-electron chi connectivity index (χ1n) is 8.14. The molecule has 5 nitrogen and oxygen atoms in total. The van der Waals surface area contributed by atoms with E-state index in [1.807, 2.05) is 38.3 Å². The molecule has 0 aliphatic rings. The van der Waals surface area contributed by atoms with Crippen LogP contribution in [0.3, 0.4) is 0 Å². The van der Waals surface area contributed by atoms with Crippen LogP contribution in [0.1, 0.15) is 34.6 Å². The van der Waals surface area contributed by atoms with Crippen molar-refractivity contribution in [3.05, 3.63) is 57.5 Å². The van der Waals surface area contributed by atoms with Crippen molar-refractivity contribution in [1.29, 1.82) is 0 Å². The zero-order valence-corrected chi connectivity index (χ0v) is 15.5. The molecular weight excluding hydrogens is 338 g/mol. The lowest BCUT2D eigenvalue weighted by Crippen LogP contribution is -2.12. The highest BCUT2D eigenvalue weighted by atomic mass is 35.5. The lowest BCUT2D eigenvalue weighted by atomic mass is 10.1. The monoisotopic (exact) mass is 357 g/mol. The van der Waals surface area contributed by atoms with Crippen molar-refractivity contribution in [2.45, 2.75) is 40.5 Å². The van der Waals surface area contributed by atoms with Gasteiger partial charge >= 0.3 is 5.97 Å². The summed E-state index contributed by atoms with van der Waals surface area (Å²) in [4.78, 5) is 16.8. The zero-order chi connectivity index (χ0) is 18.1. The number of hydrogen-bond acceptors (Lipinski definition) is 4. The summed E-state index contributed by atoms with van der Waals surface area (Å²) >= 11 is 5.92. The Labute approximate surface area is 151 Å². The summed E-state index contributed by atoms with van der Waals surface area (Å²) in [6.07, 6.45) is 0.835. The van der Waals surface area contributed by atoms with Crippen molar-refractivity contribution in [3.63, 3.8) is 0 Å². The van der Waals surface area contributed by atoms with E-state index in [2.05, 4.69) is 10.1 Å². The normalized spacial score (nSPS) is 11.1. The van der Waals surface area contributed by atoms with Crippen LogP contribution in [-0.4, -0.2) is 20.6 Å². The second-order valence-electron chi connectivity index (χ2n) is 6.20. The van der Waals surface area contributed by atoms with Crippen molar-refractivity contribution in [1.82, 2.24) is 14.6 Å². The number of fused-ring (bicyclic) bond motifs is 1. The zero-order valence-electron chi connectivity index (χ0n) is 14.8. The van der Waals surface area contributed by atoms with Crippen LogP contribution in [0.5, 0.6) is 5.75 Å². The van der Waals surface area contributed by atoms with Crippen LogP contribution in [0, 0.1) is 27.7 Å². The van der Waals surface area contributed by atoms with E-state index in [0.717, 1.165) is 33.9 Å². The van der Waals surface area contributed by atoms with E-state index >= 15 is 0 Å². The minimum Gasteiger partial charge on any atom is -0.426 e. The molecule has 0 fully saturated rings. The maximum atomic E-state index is 12.2. The fraction of sp³-hybridized carbons (Fsp3) is 0.316. The number of ether oxygens (including phenoxy) is 1. The van der Waals surface area contributed by atoms with E-state index in [9.17, 15) is 4.79 Å². The number of aromatic nitrogens is 3. The van der Waals surface area contributed by atoms with Gasteiger partial charge in [-0.15, -0.1) is 0 Å². The third-order valence-corrected chi connectivity index (χ3v) is 4.46. The predicted octanol–water partition coefficient (Wildman–Crippen LogP) is 4.15. The first-order chi connectivity index (χ1) is 11.8. The number of rotatable bonds is 4. The molecule has 0 saturated heterocycles. The molecule has 0 N–H and O–H groups in total. The standard InChI is InChI=1S/C19H20ClN3O2/c1-11-9-15(20)5-7-17(11)25-19(24)8-6-16-13(3)21-18-10-12(2)22-23(18)14(16)4/h5,7,9-10H,6,8H2,1-4H3. The summed E-state index contributed by atoms with van der Waals surface area (Å²) in [5.41, 5.74) is 5.54. The Hall–Kier alpha value is -2.40. The topological polar surface area (TPSA) is 56.5 Å². The lowest BCUT2D eigenvalue weighted by Gasteiger charge is -2.11. The van der Waals surface area contributed by atoms with Gasteiger partial charge in [-0.1, -0.05) is 11.6 Å². The van der Waals surface area contributed by atoms with Gasteiger partial charge in [-0.25, -0.2) is 9.50 Å². The summed E-state index contributed by atoms with van der Waals surface area (Å²) in [5.74, 6) is 0.264. The molecule has 3 aromatic rings. The number of aryl methyl sites for hydroxylation is 4. The fourth-order valence-corrected chi connectivity index (χ4v) is 3.16. The summed E-state index contributed by atoms with van der Waals surface area (Å²) in [5, 5.41) is 5.08. The molecule has 0 aliphatic carbocycles. The third-order valence-electron chi connectivity index (χ3n) is 4.23. The number of benzene rings is 1. The highest BCUT2D eigenvalue weighted by Crippen LogP contribution is 2.23. The van der Waals surface area contributed by atoms with Gasteiger partial charge in [0.15, 0.2) is 5.65 Å². The summed E-state index contributed by atoms with van der Waals surface area (Å²) in [7, 11) is 0. The number of carbonyl (C=O) groups excluding carboxylic acids is 1. The second kappa shape index (κ2) is 6.84. The van der Waals surface area contributed by atoms with Gasteiger partial charge in [-0.2, -0.15) is 5.10 Å². The van der Waals surface area contributed by atoms with Crippen LogP contribution < -0.4 is 4.74 Å². The van der Waals surface area contributed by atoms with Crippen molar-refractivity contribution in [2.75, 3.05) is 0 Å². The van der Waals surface area contributed by atoms with E-state index in [1.165, 1.54) is 0 Å². The Morgan fingerprint density at radius 2 is 1.96 bits per heavy atom. The van der Waals surface area contributed by atoms with Crippen LogP contribution in [-0.2, 0) is 11.2 Å². The minimum atomic E-state index is -0.277. The molecule has 0 aliphatic heterocycles. The minimum absolute atomic E-state index is 0.275. The second-order valence-corrected chi connectivity index (χ2v) is 6.64. The Bertz CT molecular complexity index is 963. The molecule has 0 spiro atoms. The molecule has 3 rings (SSSR count). The van der Waals surface area contributed by atoms with Crippen LogP contribution in [0.25, 0.3) is 5.65 Å². The third kappa shape index (κ3) is 3.66. The molecule has 25 heavy (non-hydrogen) atoms. The molecule has 6 heteroatoms.